The van der Waals surface area contributed by atoms with E-state index in [0.29, 0.717) is 0 Å². The van der Waals surface area contributed by atoms with E-state index in [0.717, 1.165) is 54.7 Å². The van der Waals surface area contributed by atoms with Gasteiger partial charge in [-0.15, -0.1) is 11.3 Å². The van der Waals surface area contributed by atoms with Crippen LogP contribution in [0, 0.1) is 5.82 Å². The molecule has 0 spiro atoms. The maximum atomic E-state index is 13.0. The lowest BCUT2D eigenvalue weighted by Crippen LogP contribution is -2.46. The van der Waals surface area contributed by atoms with E-state index in [1.807, 2.05) is 35.7 Å². The molecule has 1 saturated heterocycles. The second-order valence-corrected chi connectivity index (χ2v) is 6.85. The standard InChI is InChI=1S/C18H18FN3OS/c19-14-3-5-16(6-4-14)22-9-7-21(8-10-22)13-15-12-17(23-20-15)18-2-1-11-24-18/h1-6,11-12H,7-10,13H2. The Labute approximate surface area is 144 Å². The van der Waals surface area contributed by atoms with Crippen LogP contribution in [0.4, 0.5) is 10.1 Å². The first kappa shape index (κ1) is 15.4. The third-order valence-corrected chi connectivity index (χ3v) is 5.16. The zero-order valence-electron chi connectivity index (χ0n) is 13.2. The van der Waals surface area contributed by atoms with Crippen molar-refractivity contribution < 1.29 is 8.91 Å². The van der Waals surface area contributed by atoms with Gasteiger partial charge < -0.3 is 9.42 Å². The highest BCUT2D eigenvalue weighted by molar-refractivity contribution is 7.13. The average Bonchev–Trinajstić information content (AvgIpc) is 3.28. The van der Waals surface area contributed by atoms with Crippen LogP contribution in [0.3, 0.4) is 0 Å². The molecule has 1 fully saturated rings. The topological polar surface area (TPSA) is 32.5 Å². The van der Waals surface area contributed by atoms with Gasteiger partial charge in [-0.05, 0) is 35.7 Å². The molecular weight excluding hydrogens is 325 g/mol. The van der Waals surface area contributed by atoms with Crippen LogP contribution in [0.1, 0.15) is 5.69 Å². The molecule has 4 rings (SSSR count). The first-order chi connectivity index (χ1) is 11.8. The molecule has 1 aliphatic heterocycles. The SMILES string of the molecule is Fc1ccc(N2CCN(Cc3cc(-c4cccs4)on3)CC2)cc1. The largest absolute Gasteiger partial charge is 0.369 e. The second kappa shape index (κ2) is 6.75. The molecule has 3 heterocycles. The fourth-order valence-corrected chi connectivity index (χ4v) is 3.64. The van der Waals surface area contributed by atoms with Crippen LogP contribution >= 0.6 is 11.3 Å². The van der Waals surface area contributed by atoms with Crippen LogP contribution in [-0.2, 0) is 6.54 Å². The molecule has 6 heteroatoms. The molecule has 0 atom stereocenters. The smallest absolute Gasteiger partial charge is 0.177 e. The van der Waals surface area contributed by atoms with Gasteiger partial charge in [0.05, 0.1) is 10.6 Å². The van der Waals surface area contributed by atoms with Gasteiger partial charge in [0.15, 0.2) is 5.76 Å². The van der Waals surface area contributed by atoms with E-state index in [4.69, 9.17) is 4.52 Å². The highest BCUT2D eigenvalue weighted by Crippen LogP contribution is 2.25. The van der Waals surface area contributed by atoms with Crippen molar-refractivity contribution in [3.05, 3.63) is 59.4 Å². The third-order valence-electron chi connectivity index (χ3n) is 4.27. The van der Waals surface area contributed by atoms with Gasteiger partial charge in [0.1, 0.15) is 5.82 Å². The van der Waals surface area contributed by atoms with Crippen LogP contribution in [-0.4, -0.2) is 36.2 Å². The Hall–Kier alpha value is -2.18. The summed E-state index contributed by atoms with van der Waals surface area (Å²) in [6.07, 6.45) is 0. The molecule has 3 aromatic rings. The van der Waals surface area contributed by atoms with Crippen molar-refractivity contribution in [3.8, 4) is 10.6 Å². The van der Waals surface area contributed by atoms with Crippen LogP contribution < -0.4 is 4.90 Å². The Balaban J connectivity index is 1.34. The molecule has 24 heavy (non-hydrogen) atoms. The molecular formula is C18H18FN3OS. The van der Waals surface area contributed by atoms with Crippen molar-refractivity contribution in [1.82, 2.24) is 10.1 Å². The molecule has 124 valence electrons. The summed E-state index contributed by atoms with van der Waals surface area (Å²) < 4.78 is 18.5. The number of piperazine rings is 1. The summed E-state index contributed by atoms with van der Waals surface area (Å²) in [5.74, 6) is 0.648. The molecule has 0 aliphatic carbocycles. The monoisotopic (exact) mass is 343 g/mol. The van der Waals surface area contributed by atoms with E-state index in [1.165, 1.54) is 12.1 Å². The number of benzene rings is 1. The molecule has 2 aromatic heterocycles. The summed E-state index contributed by atoms with van der Waals surface area (Å²) in [6, 6.07) is 12.8. The van der Waals surface area contributed by atoms with Crippen LogP contribution in [0.5, 0.6) is 0 Å². The van der Waals surface area contributed by atoms with E-state index >= 15 is 0 Å². The number of halogens is 1. The van der Waals surface area contributed by atoms with E-state index < -0.39 is 0 Å². The number of thiophene rings is 1. The predicted octanol–water partition coefficient (Wildman–Crippen LogP) is 3.86. The number of anilines is 1. The number of rotatable bonds is 4. The van der Waals surface area contributed by atoms with Crippen molar-refractivity contribution in [2.45, 2.75) is 6.54 Å². The molecule has 0 radical (unpaired) electrons. The Kier molecular flexibility index (Phi) is 4.32. The van der Waals surface area contributed by atoms with Gasteiger partial charge >= 0.3 is 0 Å². The summed E-state index contributed by atoms with van der Waals surface area (Å²) in [6.45, 7) is 4.58. The summed E-state index contributed by atoms with van der Waals surface area (Å²) in [7, 11) is 0. The average molecular weight is 343 g/mol. The minimum Gasteiger partial charge on any atom is -0.369 e. The van der Waals surface area contributed by atoms with Crippen LogP contribution in [0.25, 0.3) is 10.6 Å². The van der Waals surface area contributed by atoms with Gasteiger partial charge in [0.25, 0.3) is 0 Å². The maximum absolute atomic E-state index is 13.0. The van der Waals surface area contributed by atoms with E-state index in [2.05, 4.69) is 15.0 Å². The number of hydrogen-bond donors (Lipinski definition) is 0. The van der Waals surface area contributed by atoms with Crippen molar-refractivity contribution in [3.63, 3.8) is 0 Å². The zero-order valence-corrected chi connectivity index (χ0v) is 14.0. The number of hydrogen-bond acceptors (Lipinski definition) is 5. The van der Waals surface area contributed by atoms with Crippen LogP contribution in [0.15, 0.2) is 52.4 Å². The van der Waals surface area contributed by atoms with Gasteiger partial charge in [0.2, 0.25) is 0 Å². The maximum Gasteiger partial charge on any atom is 0.177 e. The lowest BCUT2D eigenvalue weighted by atomic mass is 10.2. The lowest BCUT2D eigenvalue weighted by Gasteiger charge is -2.35. The zero-order chi connectivity index (χ0) is 16.4. The fourth-order valence-electron chi connectivity index (χ4n) is 2.97. The van der Waals surface area contributed by atoms with Gasteiger partial charge in [-0.25, -0.2) is 4.39 Å². The minimum absolute atomic E-state index is 0.190. The van der Waals surface area contributed by atoms with Gasteiger partial charge in [-0.3, -0.25) is 4.90 Å². The Morgan fingerprint density at radius 2 is 1.88 bits per heavy atom. The normalized spacial score (nSPS) is 15.8. The van der Waals surface area contributed by atoms with Gasteiger partial charge in [0, 0.05) is 44.5 Å². The molecule has 0 bridgehead atoms. The molecule has 1 aromatic carbocycles. The molecule has 4 nitrogen and oxygen atoms in total. The first-order valence-electron chi connectivity index (χ1n) is 8.00. The van der Waals surface area contributed by atoms with Crippen molar-refractivity contribution in [1.29, 1.82) is 0 Å². The van der Waals surface area contributed by atoms with Gasteiger partial charge in [-0.2, -0.15) is 0 Å². The highest BCUT2D eigenvalue weighted by Gasteiger charge is 2.19. The minimum atomic E-state index is -0.190. The van der Waals surface area contributed by atoms with Crippen molar-refractivity contribution in [2.24, 2.45) is 0 Å². The molecule has 1 aliphatic rings. The quantitative estimate of drug-likeness (QED) is 0.720. The lowest BCUT2D eigenvalue weighted by molar-refractivity contribution is 0.242. The number of nitrogens with zero attached hydrogens (tertiary/aromatic N) is 3. The molecule has 0 unspecified atom stereocenters. The Morgan fingerprint density at radius 3 is 2.58 bits per heavy atom. The van der Waals surface area contributed by atoms with E-state index in [-0.39, 0.29) is 5.82 Å². The summed E-state index contributed by atoms with van der Waals surface area (Å²) >= 11 is 1.65. The molecule has 0 saturated carbocycles. The summed E-state index contributed by atoms with van der Waals surface area (Å²) in [4.78, 5) is 5.76. The summed E-state index contributed by atoms with van der Waals surface area (Å²) in [5, 5.41) is 6.22. The Morgan fingerprint density at radius 1 is 1.08 bits per heavy atom. The second-order valence-electron chi connectivity index (χ2n) is 5.90. The van der Waals surface area contributed by atoms with Crippen molar-refractivity contribution in [2.75, 3.05) is 31.1 Å². The van der Waals surface area contributed by atoms with Gasteiger partial charge in [-0.1, -0.05) is 11.2 Å². The Bertz CT molecular complexity index is 777. The van der Waals surface area contributed by atoms with E-state index in [1.54, 1.807) is 11.3 Å². The van der Waals surface area contributed by atoms with Crippen molar-refractivity contribution >= 4 is 17.0 Å². The highest BCUT2D eigenvalue weighted by atomic mass is 32.1. The number of aromatic nitrogens is 1. The fraction of sp³-hybridized carbons (Fsp3) is 0.278. The van der Waals surface area contributed by atoms with E-state index in [9.17, 15) is 4.39 Å². The predicted molar refractivity (Wildman–Crippen MR) is 93.7 cm³/mol. The summed E-state index contributed by atoms with van der Waals surface area (Å²) in [5.41, 5.74) is 2.05. The molecule has 0 N–H and O–H groups in total. The van der Waals surface area contributed by atoms with Crippen LogP contribution in [0.2, 0.25) is 0 Å². The third kappa shape index (κ3) is 3.34. The molecule has 0 amide bonds. The first-order valence-corrected chi connectivity index (χ1v) is 8.88.